The zero-order valence-electron chi connectivity index (χ0n) is 15.2. The number of pyridine rings is 1. The van der Waals surface area contributed by atoms with E-state index < -0.39 is 5.82 Å². The van der Waals surface area contributed by atoms with Gasteiger partial charge in [-0.1, -0.05) is 0 Å². The van der Waals surface area contributed by atoms with Crippen molar-refractivity contribution >= 4 is 17.5 Å². The van der Waals surface area contributed by atoms with Gasteiger partial charge >= 0.3 is 5.97 Å². The van der Waals surface area contributed by atoms with E-state index in [1.54, 1.807) is 19.1 Å². The highest BCUT2D eigenvalue weighted by Gasteiger charge is 2.19. The van der Waals surface area contributed by atoms with Crippen molar-refractivity contribution in [2.24, 2.45) is 0 Å². The monoisotopic (exact) mass is 368 g/mol. The van der Waals surface area contributed by atoms with Crippen molar-refractivity contribution < 1.29 is 13.9 Å². The predicted molar refractivity (Wildman–Crippen MR) is 100 cm³/mol. The Balaban J connectivity index is 1.70. The summed E-state index contributed by atoms with van der Waals surface area (Å²) in [6.07, 6.45) is 2.41. The maximum Gasteiger partial charge on any atom is 0.339 e. The quantitative estimate of drug-likeness (QED) is 0.773. The Bertz CT molecular complexity index is 848. The number of hydrogen-bond donors (Lipinski definition) is 0. The van der Waals surface area contributed by atoms with Crippen LogP contribution in [0.4, 0.5) is 15.9 Å². The molecule has 140 valence electrons. The Hall–Kier alpha value is -3.14. The van der Waals surface area contributed by atoms with E-state index in [0.717, 1.165) is 31.0 Å². The maximum atomic E-state index is 13.4. The predicted octanol–water partition coefficient (Wildman–Crippen LogP) is 2.99. The van der Waals surface area contributed by atoms with Crippen LogP contribution < -0.4 is 9.80 Å². The third kappa shape index (κ3) is 4.34. The van der Waals surface area contributed by atoms with Crippen molar-refractivity contribution in [3.8, 4) is 6.07 Å². The first-order valence-corrected chi connectivity index (χ1v) is 8.95. The fraction of sp³-hybridized carbons (Fsp3) is 0.350. The molecular weight excluding hydrogens is 347 g/mol. The molecule has 6 nitrogen and oxygen atoms in total. The lowest BCUT2D eigenvalue weighted by molar-refractivity contribution is 0.0526. The SMILES string of the molecule is CCOC(=O)c1ccc(N2CCCN(c3ccc(F)cc3C#N)CC2)nc1. The molecule has 1 aliphatic rings. The number of aromatic nitrogens is 1. The van der Waals surface area contributed by atoms with Gasteiger partial charge in [-0.25, -0.2) is 14.2 Å². The van der Waals surface area contributed by atoms with E-state index in [2.05, 4.69) is 20.9 Å². The third-order valence-corrected chi connectivity index (χ3v) is 4.50. The summed E-state index contributed by atoms with van der Waals surface area (Å²) in [7, 11) is 0. The molecule has 0 N–H and O–H groups in total. The lowest BCUT2D eigenvalue weighted by Crippen LogP contribution is -2.31. The molecule has 7 heteroatoms. The van der Waals surface area contributed by atoms with Crippen LogP contribution in [0.2, 0.25) is 0 Å². The van der Waals surface area contributed by atoms with Crippen molar-refractivity contribution in [3.05, 3.63) is 53.5 Å². The summed E-state index contributed by atoms with van der Waals surface area (Å²) >= 11 is 0. The second kappa shape index (κ2) is 8.49. The van der Waals surface area contributed by atoms with E-state index in [-0.39, 0.29) is 5.97 Å². The molecular formula is C20H21FN4O2. The van der Waals surface area contributed by atoms with Crippen LogP contribution in [-0.2, 0) is 4.74 Å². The summed E-state index contributed by atoms with van der Waals surface area (Å²) in [5.41, 5.74) is 1.54. The van der Waals surface area contributed by atoms with Crippen molar-refractivity contribution in [1.82, 2.24) is 4.98 Å². The number of halogens is 1. The number of carbonyl (C=O) groups excluding carboxylic acids is 1. The number of nitriles is 1. The van der Waals surface area contributed by atoms with Crippen LogP contribution in [0, 0.1) is 17.1 Å². The van der Waals surface area contributed by atoms with Crippen LogP contribution in [0.25, 0.3) is 0 Å². The highest BCUT2D eigenvalue weighted by molar-refractivity contribution is 5.89. The van der Waals surface area contributed by atoms with Crippen molar-refractivity contribution in [2.75, 3.05) is 42.6 Å². The normalized spacial score (nSPS) is 14.4. The second-order valence-corrected chi connectivity index (χ2v) is 6.23. The fourth-order valence-electron chi connectivity index (χ4n) is 3.17. The molecule has 1 saturated heterocycles. The molecule has 0 saturated carbocycles. The molecule has 0 aliphatic carbocycles. The Morgan fingerprint density at radius 2 is 2.00 bits per heavy atom. The van der Waals surface area contributed by atoms with Crippen LogP contribution >= 0.6 is 0 Å². The van der Waals surface area contributed by atoms with Gasteiger partial charge in [0, 0.05) is 32.4 Å². The molecule has 0 amide bonds. The summed E-state index contributed by atoms with van der Waals surface area (Å²) in [5, 5.41) is 9.28. The van der Waals surface area contributed by atoms with Gasteiger partial charge in [-0.2, -0.15) is 5.26 Å². The molecule has 0 spiro atoms. The fourth-order valence-corrected chi connectivity index (χ4v) is 3.17. The summed E-state index contributed by atoms with van der Waals surface area (Å²) in [5.74, 6) is 0.0149. The number of benzene rings is 1. The molecule has 0 unspecified atom stereocenters. The first kappa shape index (κ1) is 18.6. The molecule has 0 radical (unpaired) electrons. The second-order valence-electron chi connectivity index (χ2n) is 6.23. The highest BCUT2D eigenvalue weighted by atomic mass is 19.1. The average Bonchev–Trinajstić information content (AvgIpc) is 2.94. The van der Waals surface area contributed by atoms with E-state index in [9.17, 15) is 14.4 Å². The van der Waals surface area contributed by atoms with Gasteiger partial charge in [-0.3, -0.25) is 0 Å². The number of rotatable bonds is 4. The van der Waals surface area contributed by atoms with Crippen LogP contribution in [-0.4, -0.2) is 43.7 Å². The molecule has 3 rings (SSSR count). The number of nitrogens with zero attached hydrogens (tertiary/aromatic N) is 4. The van der Waals surface area contributed by atoms with E-state index in [1.165, 1.54) is 18.3 Å². The van der Waals surface area contributed by atoms with Crippen molar-refractivity contribution in [3.63, 3.8) is 0 Å². The number of esters is 1. The molecule has 0 bridgehead atoms. The van der Waals surface area contributed by atoms with Crippen LogP contribution in [0.5, 0.6) is 0 Å². The molecule has 27 heavy (non-hydrogen) atoms. The largest absolute Gasteiger partial charge is 0.462 e. The smallest absolute Gasteiger partial charge is 0.339 e. The Kier molecular flexibility index (Phi) is 5.87. The number of anilines is 2. The minimum absolute atomic E-state index is 0.330. The number of ether oxygens (including phenoxy) is 1. The minimum atomic E-state index is -0.405. The first-order valence-electron chi connectivity index (χ1n) is 8.95. The summed E-state index contributed by atoms with van der Waals surface area (Å²) < 4.78 is 18.4. The zero-order valence-corrected chi connectivity index (χ0v) is 15.2. The van der Waals surface area contributed by atoms with Gasteiger partial charge in [0.05, 0.1) is 23.4 Å². The van der Waals surface area contributed by atoms with E-state index >= 15 is 0 Å². The van der Waals surface area contributed by atoms with Gasteiger partial charge in [-0.15, -0.1) is 0 Å². The number of hydrogen-bond acceptors (Lipinski definition) is 6. The molecule has 2 aromatic rings. The summed E-state index contributed by atoms with van der Waals surface area (Å²) in [6.45, 7) is 5.09. The highest BCUT2D eigenvalue weighted by Crippen LogP contribution is 2.23. The summed E-state index contributed by atoms with van der Waals surface area (Å²) in [4.78, 5) is 20.4. The zero-order chi connectivity index (χ0) is 19.2. The lowest BCUT2D eigenvalue weighted by Gasteiger charge is -2.25. The lowest BCUT2D eigenvalue weighted by atomic mass is 10.1. The molecule has 1 fully saturated rings. The van der Waals surface area contributed by atoms with Crippen LogP contribution in [0.1, 0.15) is 29.3 Å². The van der Waals surface area contributed by atoms with E-state index in [1.807, 2.05) is 6.07 Å². The third-order valence-electron chi connectivity index (χ3n) is 4.50. The van der Waals surface area contributed by atoms with E-state index in [4.69, 9.17) is 4.74 Å². The van der Waals surface area contributed by atoms with Gasteiger partial charge in [-0.05, 0) is 43.7 Å². The van der Waals surface area contributed by atoms with Gasteiger partial charge in [0.25, 0.3) is 0 Å². The van der Waals surface area contributed by atoms with Crippen LogP contribution in [0.15, 0.2) is 36.5 Å². The topological polar surface area (TPSA) is 69.5 Å². The minimum Gasteiger partial charge on any atom is -0.462 e. The van der Waals surface area contributed by atoms with Crippen molar-refractivity contribution in [2.45, 2.75) is 13.3 Å². The summed E-state index contributed by atoms with van der Waals surface area (Å²) in [6, 6.07) is 9.93. The Labute approximate surface area is 157 Å². The number of carbonyl (C=O) groups is 1. The Morgan fingerprint density at radius 1 is 1.22 bits per heavy atom. The van der Waals surface area contributed by atoms with Gasteiger partial charge < -0.3 is 14.5 Å². The van der Waals surface area contributed by atoms with Crippen LogP contribution in [0.3, 0.4) is 0 Å². The molecule has 1 aliphatic heterocycles. The van der Waals surface area contributed by atoms with Crippen molar-refractivity contribution in [1.29, 1.82) is 5.26 Å². The average molecular weight is 368 g/mol. The Morgan fingerprint density at radius 3 is 2.70 bits per heavy atom. The standard InChI is InChI=1S/C20H21FN4O2/c1-2-27-20(26)15-4-7-19(23-14-15)25-9-3-8-24(10-11-25)18-6-5-17(21)12-16(18)13-22/h4-7,12,14H,2-3,8-11H2,1H3. The molecule has 2 heterocycles. The first-order chi connectivity index (χ1) is 13.1. The van der Waals surface area contributed by atoms with Gasteiger partial charge in [0.2, 0.25) is 0 Å². The maximum absolute atomic E-state index is 13.4. The van der Waals surface area contributed by atoms with Gasteiger partial charge in [0.1, 0.15) is 17.7 Å². The molecule has 1 aromatic heterocycles. The van der Waals surface area contributed by atoms with Gasteiger partial charge in [0.15, 0.2) is 0 Å². The molecule has 0 atom stereocenters. The molecule has 1 aromatic carbocycles. The van der Waals surface area contributed by atoms with E-state index in [0.29, 0.717) is 30.8 Å².